The van der Waals surface area contributed by atoms with E-state index in [-0.39, 0.29) is 16.7 Å². The fourth-order valence-electron chi connectivity index (χ4n) is 2.23. The van der Waals surface area contributed by atoms with Gasteiger partial charge in [0.2, 0.25) is 0 Å². The molecule has 0 saturated heterocycles. The van der Waals surface area contributed by atoms with Gasteiger partial charge in [0.1, 0.15) is 0 Å². The first-order valence-electron chi connectivity index (χ1n) is 14.2. The maximum absolute atomic E-state index is 11.4. The highest BCUT2D eigenvalue weighted by Gasteiger charge is 2.07. The number of aliphatic hydroxyl groups excluding tert-OH is 1. The molecule has 150 valence electrons. The molecule has 29 heavy (non-hydrogen) atoms. The largest absolute Gasteiger partial charge is 0.478 e. The SMILES string of the molecule is [2H]c1c([2H])c(NC([2H])([2H])CNC([2H])([2H])[C@H](O)c2c([2H])c([2H])c([2H])c(Cl)c2[2H])c([2H])c(-c2cccc(C(=O)O)c2)c1[2H]. The molecule has 3 aromatic rings. The highest BCUT2D eigenvalue weighted by atomic mass is 35.5. The van der Waals surface area contributed by atoms with Crippen molar-refractivity contribution >= 4 is 23.3 Å². The second kappa shape index (κ2) is 10.1. The van der Waals surface area contributed by atoms with E-state index in [2.05, 4.69) is 10.6 Å². The van der Waals surface area contributed by atoms with Crippen molar-refractivity contribution in [1.29, 1.82) is 0 Å². The van der Waals surface area contributed by atoms with Gasteiger partial charge in [0.05, 0.1) is 25.4 Å². The quantitative estimate of drug-likeness (QED) is 0.410. The Morgan fingerprint density at radius 1 is 1.17 bits per heavy atom. The van der Waals surface area contributed by atoms with Gasteiger partial charge in [-0.15, -0.1) is 0 Å². The summed E-state index contributed by atoms with van der Waals surface area (Å²) >= 11 is 5.83. The molecule has 0 aliphatic rings. The second-order valence-corrected chi connectivity index (χ2v) is 5.94. The van der Waals surface area contributed by atoms with E-state index in [4.69, 9.17) is 28.1 Å². The number of hydrogen-bond donors (Lipinski definition) is 4. The number of nitrogens with one attached hydrogen (secondary N) is 2. The summed E-state index contributed by atoms with van der Waals surface area (Å²) in [6, 6.07) is -0.292. The summed E-state index contributed by atoms with van der Waals surface area (Å²) in [6.45, 7) is -6.51. The van der Waals surface area contributed by atoms with Crippen LogP contribution in [0.5, 0.6) is 0 Å². The Hall–Kier alpha value is -2.86. The highest BCUT2D eigenvalue weighted by molar-refractivity contribution is 6.30. The first-order chi connectivity index (χ1) is 18.8. The van der Waals surface area contributed by atoms with Crippen LogP contribution in [-0.4, -0.2) is 35.7 Å². The van der Waals surface area contributed by atoms with Crippen LogP contribution in [0.2, 0.25) is 5.02 Å². The van der Waals surface area contributed by atoms with Crippen LogP contribution >= 0.6 is 11.6 Å². The van der Waals surface area contributed by atoms with E-state index in [1.165, 1.54) is 18.2 Å². The number of carboxylic acid groups (broad SMARTS) is 1. The summed E-state index contributed by atoms with van der Waals surface area (Å²) in [6.07, 6.45) is -2.30. The molecule has 0 amide bonds. The van der Waals surface area contributed by atoms with Crippen molar-refractivity contribution < 1.29 is 31.5 Å². The molecule has 1 atom stereocenters. The Morgan fingerprint density at radius 3 is 2.83 bits per heavy atom. The van der Waals surface area contributed by atoms with Gasteiger partial charge in [-0.3, -0.25) is 0 Å². The number of hydrogen-bond acceptors (Lipinski definition) is 4. The smallest absolute Gasteiger partial charge is 0.335 e. The third-order valence-corrected chi connectivity index (χ3v) is 3.73. The average Bonchev–Trinajstić information content (AvgIpc) is 2.91. The Kier molecular flexibility index (Phi) is 3.56. The third kappa shape index (κ3) is 6.06. The van der Waals surface area contributed by atoms with Gasteiger partial charge in [-0.25, -0.2) is 4.79 Å². The topological polar surface area (TPSA) is 81.6 Å². The molecule has 0 aromatic heterocycles. The Balaban J connectivity index is 1.94. The molecule has 0 unspecified atom stereocenters. The summed E-state index contributed by atoms with van der Waals surface area (Å²) in [5.74, 6) is -1.28. The summed E-state index contributed by atoms with van der Waals surface area (Å²) in [7, 11) is 0. The average molecular weight is 423 g/mol. The van der Waals surface area contributed by atoms with Crippen LogP contribution in [0.1, 0.15) is 38.5 Å². The highest BCUT2D eigenvalue weighted by Crippen LogP contribution is 2.23. The molecule has 0 aliphatic heterocycles. The van der Waals surface area contributed by atoms with Crippen LogP contribution < -0.4 is 10.6 Å². The van der Waals surface area contributed by atoms with E-state index in [0.717, 1.165) is 6.07 Å². The summed E-state index contributed by atoms with van der Waals surface area (Å²) in [5, 5.41) is 23.7. The first kappa shape index (κ1) is 10.3. The second-order valence-electron chi connectivity index (χ2n) is 5.57. The van der Waals surface area contributed by atoms with Crippen molar-refractivity contribution in [3.8, 4) is 11.1 Å². The predicted octanol–water partition coefficient (Wildman–Crippen LogP) is 4.44. The molecule has 3 aromatic carbocycles. The molecular weight excluding hydrogens is 388 g/mol. The molecule has 5 nitrogen and oxygen atoms in total. The van der Waals surface area contributed by atoms with Gasteiger partial charge in [-0.1, -0.05) is 47.9 Å². The predicted molar refractivity (Wildman–Crippen MR) is 117 cm³/mol. The van der Waals surface area contributed by atoms with Gasteiger partial charge >= 0.3 is 5.97 Å². The normalized spacial score (nSPS) is 18.7. The summed E-state index contributed by atoms with van der Waals surface area (Å²) in [4.78, 5) is 11.4. The number of carbonyl (C=O) groups is 1. The van der Waals surface area contributed by atoms with Crippen molar-refractivity contribution in [2.24, 2.45) is 0 Å². The maximum atomic E-state index is 11.4. The number of halogens is 1. The minimum atomic E-state index is -2.92. The van der Waals surface area contributed by atoms with E-state index in [9.17, 15) is 15.0 Å². The standard InChI is InChI=1S/C23H23ClN2O3/c24-20-8-2-6-18(13-20)22(27)15-25-10-11-26-21-9-3-5-17(14-21)16-4-1-7-19(12-16)23(28)29/h1-9,12-14,22,25-27H,10-11,15H2,(H,28,29)/t22-/m0/s1/i2D,3D,5D,6D,8D,9D,11D2,13D,14D,15D2. The van der Waals surface area contributed by atoms with E-state index in [1.807, 2.05) is 0 Å². The molecule has 0 aliphatic carbocycles. The molecular formula is C23H23ClN2O3. The lowest BCUT2D eigenvalue weighted by atomic mass is 10.0. The van der Waals surface area contributed by atoms with Crippen LogP contribution in [0.25, 0.3) is 11.1 Å². The number of rotatable bonds is 9. The van der Waals surface area contributed by atoms with Gasteiger partial charge in [0, 0.05) is 33.0 Å². The lowest BCUT2D eigenvalue weighted by Crippen LogP contribution is -2.26. The van der Waals surface area contributed by atoms with Crippen LogP contribution in [-0.2, 0) is 0 Å². The van der Waals surface area contributed by atoms with Crippen molar-refractivity contribution in [2.45, 2.75) is 6.10 Å². The van der Waals surface area contributed by atoms with Crippen molar-refractivity contribution in [2.75, 3.05) is 24.9 Å². The monoisotopic (exact) mass is 422 g/mol. The first-order valence-corrected chi connectivity index (χ1v) is 8.61. The number of benzene rings is 3. The van der Waals surface area contributed by atoms with Crippen molar-refractivity contribution in [3.05, 3.63) is 88.8 Å². The lowest BCUT2D eigenvalue weighted by Gasteiger charge is -2.13. The van der Waals surface area contributed by atoms with Crippen LogP contribution in [0.3, 0.4) is 0 Å². The minimum absolute atomic E-state index is 0.0677. The number of aliphatic hydroxyl groups is 1. The number of carboxylic acids is 1. The lowest BCUT2D eigenvalue weighted by molar-refractivity contribution is 0.0697. The zero-order chi connectivity index (χ0) is 31.2. The Bertz CT molecular complexity index is 1510. The molecule has 0 fully saturated rings. The molecule has 0 bridgehead atoms. The van der Waals surface area contributed by atoms with Gasteiger partial charge in [0.25, 0.3) is 0 Å². The zero-order valence-corrected chi connectivity index (χ0v) is 15.5. The summed E-state index contributed by atoms with van der Waals surface area (Å²) in [5.41, 5.74) is -1.56. The van der Waals surface area contributed by atoms with Crippen LogP contribution in [0, 0.1) is 0 Å². The van der Waals surface area contributed by atoms with Gasteiger partial charge in [0.15, 0.2) is 0 Å². The maximum Gasteiger partial charge on any atom is 0.335 e. The molecule has 4 N–H and O–H groups in total. The Morgan fingerprint density at radius 2 is 2.00 bits per heavy atom. The van der Waals surface area contributed by atoms with Crippen LogP contribution in [0.15, 0.2) is 72.6 Å². The fourth-order valence-corrected chi connectivity index (χ4v) is 2.37. The Labute approximate surface area is 191 Å². The molecule has 0 heterocycles. The van der Waals surface area contributed by atoms with Crippen molar-refractivity contribution in [1.82, 2.24) is 5.32 Å². The molecule has 0 spiro atoms. The third-order valence-electron chi connectivity index (χ3n) is 3.54. The van der Waals surface area contributed by atoms with Gasteiger partial charge in [-0.2, -0.15) is 0 Å². The summed E-state index contributed by atoms with van der Waals surface area (Å²) < 4.78 is 97.5. The van der Waals surface area contributed by atoms with Crippen molar-refractivity contribution in [3.63, 3.8) is 0 Å². The molecule has 0 radical (unpaired) electrons. The van der Waals surface area contributed by atoms with Gasteiger partial charge in [-0.05, 0) is 53.0 Å². The fraction of sp³-hybridized carbons (Fsp3) is 0.174. The van der Waals surface area contributed by atoms with E-state index in [1.54, 1.807) is 0 Å². The van der Waals surface area contributed by atoms with E-state index < -0.39 is 96.2 Å². The van der Waals surface area contributed by atoms with E-state index in [0.29, 0.717) is 0 Å². The molecule has 0 saturated carbocycles. The number of aromatic carboxylic acids is 1. The molecule has 6 heteroatoms. The zero-order valence-electron chi connectivity index (χ0n) is 26.8. The minimum Gasteiger partial charge on any atom is -0.478 e. The van der Waals surface area contributed by atoms with E-state index >= 15 is 0 Å². The van der Waals surface area contributed by atoms with Gasteiger partial charge < -0.3 is 20.8 Å². The molecule has 3 rings (SSSR count). The van der Waals surface area contributed by atoms with Crippen LogP contribution in [0.4, 0.5) is 5.69 Å². The number of anilines is 1.